The number of rotatable bonds is 5. The summed E-state index contributed by atoms with van der Waals surface area (Å²) in [5, 5.41) is 8.11. The molecule has 1 amide bonds. The van der Waals surface area contributed by atoms with Gasteiger partial charge in [0.05, 0.1) is 11.9 Å². The van der Waals surface area contributed by atoms with E-state index in [1.54, 1.807) is 0 Å². The van der Waals surface area contributed by atoms with Crippen molar-refractivity contribution in [1.82, 2.24) is 9.80 Å². The van der Waals surface area contributed by atoms with Crippen molar-refractivity contribution in [1.29, 1.82) is 5.41 Å². The predicted molar refractivity (Wildman–Crippen MR) is 137 cm³/mol. The first-order chi connectivity index (χ1) is 16.4. The van der Waals surface area contributed by atoms with E-state index in [0.29, 0.717) is 35.8 Å². The van der Waals surface area contributed by atoms with Gasteiger partial charge in [0.1, 0.15) is 0 Å². The summed E-state index contributed by atoms with van der Waals surface area (Å²) in [6, 6.07) is 1.10. The Labute approximate surface area is 207 Å². The van der Waals surface area contributed by atoms with Crippen LogP contribution in [-0.2, 0) is 4.79 Å². The van der Waals surface area contributed by atoms with Crippen LogP contribution < -0.4 is 11.5 Å². The molecule has 0 aromatic rings. The molecule has 4 saturated carbocycles. The molecule has 34 heavy (non-hydrogen) atoms. The number of carbonyl (C=O) groups is 1. The van der Waals surface area contributed by atoms with Crippen LogP contribution in [0.2, 0.25) is 0 Å². The molecule has 1 heterocycles. The maximum Gasteiger partial charge on any atom is 0.239 e. The molecule has 6 nitrogen and oxygen atoms in total. The minimum absolute atomic E-state index is 0.0188. The zero-order valence-corrected chi connectivity index (χ0v) is 21.5. The molecule has 1 saturated heterocycles. The van der Waals surface area contributed by atoms with Gasteiger partial charge in [-0.25, -0.2) is 0 Å². The Hall–Kier alpha value is -1.14. The minimum Gasteiger partial charge on any atom is -0.387 e. The summed E-state index contributed by atoms with van der Waals surface area (Å²) in [6.07, 6.45) is 18.0. The summed E-state index contributed by atoms with van der Waals surface area (Å²) in [4.78, 5) is 18.8. The molecule has 5 N–H and O–H groups in total. The average molecular weight is 472 g/mol. The van der Waals surface area contributed by atoms with Gasteiger partial charge in [0.2, 0.25) is 5.91 Å². The predicted octanol–water partition coefficient (Wildman–Crippen LogP) is 4.12. The molecule has 5 rings (SSSR count). The normalized spacial score (nSPS) is 43.1. The zero-order chi connectivity index (χ0) is 23.8. The lowest BCUT2D eigenvalue weighted by molar-refractivity contribution is -0.138. The van der Waals surface area contributed by atoms with E-state index in [9.17, 15) is 4.79 Å². The molecular weight excluding hydrogens is 422 g/mol. The van der Waals surface area contributed by atoms with Gasteiger partial charge in [-0.05, 0) is 87.9 Å². The first kappa shape index (κ1) is 24.5. The third kappa shape index (κ3) is 4.91. The molecule has 5 aliphatic rings. The van der Waals surface area contributed by atoms with Gasteiger partial charge >= 0.3 is 0 Å². The molecule has 0 bridgehead atoms. The van der Waals surface area contributed by atoms with Crippen LogP contribution in [0.1, 0.15) is 96.3 Å². The molecule has 192 valence electrons. The van der Waals surface area contributed by atoms with Crippen LogP contribution in [0.5, 0.6) is 0 Å². The largest absolute Gasteiger partial charge is 0.387 e. The maximum atomic E-state index is 14.0. The Morgan fingerprint density at radius 2 is 1.65 bits per heavy atom. The van der Waals surface area contributed by atoms with Gasteiger partial charge in [0.15, 0.2) is 0 Å². The molecular formula is C28H49N5O. The number of likely N-dealkylation sites (N-methyl/N-ethyl adjacent to an activating group) is 1. The molecule has 5 fully saturated rings. The van der Waals surface area contributed by atoms with Gasteiger partial charge in [-0.2, -0.15) is 0 Å². The van der Waals surface area contributed by atoms with E-state index in [1.807, 2.05) is 0 Å². The van der Waals surface area contributed by atoms with E-state index in [0.717, 1.165) is 75.7 Å². The summed E-state index contributed by atoms with van der Waals surface area (Å²) >= 11 is 0. The number of nitrogens with zero attached hydrogens (tertiary/aromatic N) is 2. The van der Waals surface area contributed by atoms with Crippen LogP contribution >= 0.6 is 0 Å². The van der Waals surface area contributed by atoms with Crippen LogP contribution in [-0.4, -0.2) is 59.3 Å². The van der Waals surface area contributed by atoms with E-state index < -0.39 is 0 Å². The fourth-order valence-electron chi connectivity index (χ4n) is 8.80. The van der Waals surface area contributed by atoms with Crippen molar-refractivity contribution in [3.63, 3.8) is 0 Å². The molecule has 0 radical (unpaired) electrons. The lowest BCUT2D eigenvalue weighted by Gasteiger charge is -2.46. The first-order valence-corrected chi connectivity index (χ1v) is 14.5. The van der Waals surface area contributed by atoms with Gasteiger partial charge in [-0.1, -0.05) is 32.1 Å². The van der Waals surface area contributed by atoms with E-state index in [-0.39, 0.29) is 12.0 Å². The van der Waals surface area contributed by atoms with Crippen molar-refractivity contribution in [2.75, 3.05) is 13.6 Å². The quantitative estimate of drug-likeness (QED) is 0.415. The van der Waals surface area contributed by atoms with Crippen LogP contribution in [0.3, 0.4) is 0 Å². The Morgan fingerprint density at radius 3 is 2.41 bits per heavy atom. The zero-order valence-electron chi connectivity index (χ0n) is 21.5. The highest BCUT2D eigenvalue weighted by Crippen LogP contribution is 2.47. The number of amides is 1. The lowest BCUT2D eigenvalue weighted by Crippen LogP contribution is -2.53. The highest BCUT2D eigenvalue weighted by Gasteiger charge is 2.50. The van der Waals surface area contributed by atoms with Crippen LogP contribution in [0.15, 0.2) is 0 Å². The maximum absolute atomic E-state index is 14.0. The molecule has 0 aromatic carbocycles. The Balaban J connectivity index is 1.35. The Kier molecular flexibility index (Phi) is 7.55. The van der Waals surface area contributed by atoms with Gasteiger partial charge in [0, 0.05) is 37.6 Å². The van der Waals surface area contributed by atoms with Gasteiger partial charge < -0.3 is 16.4 Å². The van der Waals surface area contributed by atoms with Gasteiger partial charge in [-0.3, -0.25) is 15.1 Å². The average Bonchev–Trinajstić information content (AvgIpc) is 3.21. The second-order valence-electron chi connectivity index (χ2n) is 12.7. The molecule has 0 aromatic heterocycles. The topological polar surface area (TPSA) is 99.4 Å². The summed E-state index contributed by atoms with van der Waals surface area (Å²) in [5.41, 5.74) is 12.2. The fourth-order valence-corrected chi connectivity index (χ4v) is 8.80. The molecule has 7 atom stereocenters. The highest BCUT2D eigenvalue weighted by atomic mass is 16.2. The first-order valence-electron chi connectivity index (χ1n) is 14.5. The van der Waals surface area contributed by atoms with Crippen LogP contribution in [0, 0.1) is 35.0 Å². The SMILES string of the molecule is CN(C(=O)C1CC2CCC(C(=N)N)CC2N1CC1CCCC2CCCCC21)C1CCC(N)CC1. The number of fused-ring (bicyclic) bond motifs is 2. The van der Waals surface area contributed by atoms with Crippen molar-refractivity contribution in [2.24, 2.45) is 41.1 Å². The van der Waals surface area contributed by atoms with Crippen molar-refractivity contribution < 1.29 is 4.79 Å². The van der Waals surface area contributed by atoms with E-state index in [2.05, 4.69) is 16.8 Å². The minimum atomic E-state index is 0.0188. The van der Waals surface area contributed by atoms with Gasteiger partial charge in [0.25, 0.3) is 0 Å². The summed E-state index contributed by atoms with van der Waals surface area (Å²) in [6.45, 7) is 1.09. The second-order valence-corrected chi connectivity index (χ2v) is 12.7. The van der Waals surface area contributed by atoms with Crippen molar-refractivity contribution in [3.8, 4) is 0 Å². The highest BCUT2D eigenvalue weighted by molar-refractivity contribution is 5.83. The third-order valence-electron chi connectivity index (χ3n) is 10.8. The number of nitrogens with one attached hydrogen (secondary N) is 1. The van der Waals surface area contributed by atoms with E-state index >= 15 is 0 Å². The second kappa shape index (κ2) is 10.5. The van der Waals surface area contributed by atoms with E-state index in [4.69, 9.17) is 16.9 Å². The number of nitrogens with two attached hydrogens (primary N) is 2. The number of amidine groups is 1. The number of hydrogen-bond acceptors (Lipinski definition) is 4. The molecule has 6 heteroatoms. The summed E-state index contributed by atoms with van der Waals surface area (Å²) < 4.78 is 0. The smallest absolute Gasteiger partial charge is 0.239 e. The van der Waals surface area contributed by atoms with Crippen molar-refractivity contribution in [3.05, 3.63) is 0 Å². The van der Waals surface area contributed by atoms with Crippen molar-refractivity contribution >= 4 is 11.7 Å². The molecule has 1 aliphatic heterocycles. The standard InChI is InChI=1S/C28H49N5O/c1-32(23-13-11-22(29)12-14-23)28(34)26-15-19-9-10-20(27(30)31)16-25(19)33(26)17-21-7-4-6-18-5-2-3-8-24(18)21/h18-26H,2-17,29H2,1H3,(H3,30,31). The van der Waals surface area contributed by atoms with Gasteiger partial charge in [-0.15, -0.1) is 0 Å². The molecule has 4 aliphatic carbocycles. The molecule has 7 unspecified atom stereocenters. The number of hydrogen-bond donors (Lipinski definition) is 3. The number of carbonyl (C=O) groups excluding carboxylic acids is 1. The lowest BCUT2D eigenvalue weighted by atomic mass is 9.65. The Morgan fingerprint density at radius 1 is 0.912 bits per heavy atom. The monoisotopic (exact) mass is 471 g/mol. The number of likely N-dealkylation sites (tertiary alicyclic amines) is 1. The van der Waals surface area contributed by atoms with Crippen molar-refractivity contribution in [2.45, 2.75) is 120 Å². The molecule has 0 spiro atoms. The fraction of sp³-hybridized carbons (Fsp3) is 0.929. The summed E-state index contributed by atoms with van der Waals surface area (Å²) in [7, 11) is 2.06. The van der Waals surface area contributed by atoms with E-state index in [1.165, 1.54) is 44.9 Å². The summed E-state index contributed by atoms with van der Waals surface area (Å²) in [5.74, 6) is 4.02. The van der Waals surface area contributed by atoms with Crippen LogP contribution in [0.4, 0.5) is 0 Å². The van der Waals surface area contributed by atoms with Crippen LogP contribution in [0.25, 0.3) is 0 Å². The Bertz CT molecular complexity index is 732. The third-order valence-corrected chi connectivity index (χ3v) is 10.8.